The van der Waals surface area contributed by atoms with Gasteiger partial charge in [0.25, 0.3) is 0 Å². The summed E-state index contributed by atoms with van der Waals surface area (Å²) in [5, 5.41) is 2.68. The van der Waals surface area contributed by atoms with E-state index in [4.69, 9.17) is 4.74 Å². The molecule has 0 radical (unpaired) electrons. The van der Waals surface area contributed by atoms with Gasteiger partial charge in [0.2, 0.25) is 0 Å². The van der Waals surface area contributed by atoms with Gasteiger partial charge in [-0.15, -0.1) is 0 Å². The van der Waals surface area contributed by atoms with Gasteiger partial charge in [0.1, 0.15) is 6.10 Å². The van der Waals surface area contributed by atoms with Crippen LogP contribution in [0, 0.1) is 0 Å². The number of hydrogen-bond donors (Lipinski definition) is 1. The standard InChI is InChI=1S/C9H13NO2/c1-4-8-7(5-6(2)3)10-9(11)12-8/h4-5,7-8H,1H2,2-3H3,(H,10,11)/t7-,8-/m0/s1. The van der Waals surface area contributed by atoms with E-state index in [0.29, 0.717) is 0 Å². The van der Waals surface area contributed by atoms with Crippen LogP contribution in [0.1, 0.15) is 13.8 Å². The smallest absolute Gasteiger partial charge is 0.408 e. The monoisotopic (exact) mass is 167 g/mol. The first-order valence-electron chi connectivity index (χ1n) is 3.88. The van der Waals surface area contributed by atoms with E-state index < -0.39 is 0 Å². The van der Waals surface area contributed by atoms with Crippen LogP contribution in [0.15, 0.2) is 24.3 Å². The van der Waals surface area contributed by atoms with Crippen LogP contribution in [0.4, 0.5) is 4.79 Å². The number of ether oxygens (including phenoxy) is 1. The van der Waals surface area contributed by atoms with Gasteiger partial charge in [-0.3, -0.25) is 0 Å². The zero-order chi connectivity index (χ0) is 9.14. The molecule has 1 saturated heterocycles. The molecule has 0 saturated carbocycles. The second-order valence-corrected chi connectivity index (χ2v) is 3.02. The lowest BCUT2D eigenvalue weighted by atomic mass is 10.1. The number of cyclic esters (lactones) is 1. The third-order valence-electron chi connectivity index (χ3n) is 1.63. The Morgan fingerprint density at radius 3 is 2.83 bits per heavy atom. The molecule has 0 spiro atoms. The lowest BCUT2D eigenvalue weighted by Gasteiger charge is -2.08. The Hall–Kier alpha value is -1.25. The number of hydrogen-bond acceptors (Lipinski definition) is 2. The van der Waals surface area contributed by atoms with Gasteiger partial charge < -0.3 is 10.1 Å². The highest BCUT2D eigenvalue weighted by atomic mass is 16.6. The Labute approximate surface area is 72.1 Å². The van der Waals surface area contributed by atoms with Gasteiger partial charge in [-0.25, -0.2) is 4.79 Å². The van der Waals surface area contributed by atoms with E-state index in [1.165, 1.54) is 0 Å². The van der Waals surface area contributed by atoms with Crippen LogP contribution < -0.4 is 5.32 Å². The molecule has 3 nitrogen and oxygen atoms in total. The Morgan fingerprint density at radius 1 is 1.67 bits per heavy atom. The molecule has 0 aromatic rings. The summed E-state index contributed by atoms with van der Waals surface area (Å²) < 4.78 is 4.91. The minimum atomic E-state index is -0.373. The van der Waals surface area contributed by atoms with Crippen LogP contribution in [0.3, 0.4) is 0 Å². The van der Waals surface area contributed by atoms with Crippen molar-refractivity contribution in [3.05, 3.63) is 24.3 Å². The van der Waals surface area contributed by atoms with Crippen LogP contribution >= 0.6 is 0 Å². The van der Waals surface area contributed by atoms with E-state index in [0.717, 1.165) is 5.57 Å². The van der Waals surface area contributed by atoms with Gasteiger partial charge in [0.05, 0.1) is 6.04 Å². The van der Waals surface area contributed by atoms with Crippen LogP contribution in [-0.4, -0.2) is 18.2 Å². The van der Waals surface area contributed by atoms with Gasteiger partial charge >= 0.3 is 6.09 Å². The van der Waals surface area contributed by atoms with Gasteiger partial charge in [-0.05, 0) is 19.9 Å². The molecule has 12 heavy (non-hydrogen) atoms. The van der Waals surface area contributed by atoms with Gasteiger partial charge in [0.15, 0.2) is 0 Å². The first-order valence-corrected chi connectivity index (χ1v) is 3.88. The van der Waals surface area contributed by atoms with Crippen LogP contribution in [-0.2, 0) is 4.74 Å². The second-order valence-electron chi connectivity index (χ2n) is 3.02. The summed E-state index contributed by atoms with van der Waals surface area (Å²) in [5.41, 5.74) is 1.15. The average Bonchev–Trinajstić information content (AvgIpc) is 2.29. The van der Waals surface area contributed by atoms with E-state index in [1.54, 1.807) is 6.08 Å². The molecule has 1 aliphatic rings. The van der Waals surface area contributed by atoms with E-state index in [2.05, 4.69) is 11.9 Å². The van der Waals surface area contributed by atoms with E-state index >= 15 is 0 Å². The molecule has 0 aromatic carbocycles. The van der Waals surface area contributed by atoms with Gasteiger partial charge in [-0.2, -0.15) is 0 Å². The number of rotatable bonds is 2. The summed E-state index contributed by atoms with van der Waals surface area (Å²) >= 11 is 0. The molecule has 1 heterocycles. The maximum absolute atomic E-state index is 10.8. The predicted octanol–water partition coefficient (Wildman–Crippen LogP) is 1.62. The fourth-order valence-electron chi connectivity index (χ4n) is 1.14. The summed E-state index contributed by atoms with van der Waals surface area (Å²) in [6.45, 7) is 7.54. The van der Waals surface area contributed by atoms with Crippen molar-refractivity contribution in [3.63, 3.8) is 0 Å². The maximum atomic E-state index is 10.8. The summed E-state index contributed by atoms with van der Waals surface area (Å²) in [6, 6.07) is -0.0556. The zero-order valence-corrected chi connectivity index (χ0v) is 7.33. The molecule has 3 heteroatoms. The number of carbonyl (C=O) groups is 1. The predicted molar refractivity (Wildman–Crippen MR) is 46.8 cm³/mol. The topological polar surface area (TPSA) is 38.3 Å². The minimum Gasteiger partial charge on any atom is -0.439 e. The molecule has 1 N–H and O–H groups in total. The molecule has 1 aliphatic heterocycles. The summed E-state index contributed by atoms with van der Waals surface area (Å²) in [4.78, 5) is 10.8. The number of carbonyl (C=O) groups excluding carboxylic acids is 1. The highest BCUT2D eigenvalue weighted by Crippen LogP contribution is 2.12. The fraction of sp³-hybridized carbons (Fsp3) is 0.444. The first kappa shape index (κ1) is 8.84. The molecule has 66 valence electrons. The molecule has 1 amide bonds. The van der Waals surface area contributed by atoms with Crippen molar-refractivity contribution < 1.29 is 9.53 Å². The van der Waals surface area contributed by atoms with Crippen LogP contribution in [0.25, 0.3) is 0 Å². The van der Waals surface area contributed by atoms with Gasteiger partial charge in [-0.1, -0.05) is 18.2 Å². The second kappa shape index (κ2) is 3.43. The Kier molecular flexibility index (Phi) is 2.53. The van der Waals surface area contributed by atoms with Crippen molar-refractivity contribution in [1.82, 2.24) is 5.32 Å². The van der Waals surface area contributed by atoms with E-state index in [-0.39, 0.29) is 18.2 Å². The molecular weight excluding hydrogens is 154 g/mol. The molecule has 1 fully saturated rings. The van der Waals surface area contributed by atoms with Crippen molar-refractivity contribution in [1.29, 1.82) is 0 Å². The molecule has 2 atom stereocenters. The lowest BCUT2D eigenvalue weighted by molar-refractivity contribution is 0.156. The van der Waals surface area contributed by atoms with Crippen LogP contribution in [0.2, 0.25) is 0 Å². The SMILES string of the molecule is C=C[C@@H]1OC(=O)N[C@H]1C=C(C)C. The summed E-state index contributed by atoms with van der Waals surface area (Å²) in [6.07, 6.45) is 2.98. The van der Waals surface area contributed by atoms with Crippen molar-refractivity contribution in [3.8, 4) is 0 Å². The molecular formula is C9H13NO2. The molecule has 1 rings (SSSR count). The Bertz CT molecular complexity index is 229. The summed E-state index contributed by atoms with van der Waals surface area (Å²) in [5.74, 6) is 0. The molecule has 0 bridgehead atoms. The average molecular weight is 167 g/mol. The maximum Gasteiger partial charge on any atom is 0.408 e. The quantitative estimate of drug-likeness (QED) is 0.634. The highest BCUT2D eigenvalue weighted by molar-refractivity contribution is 5.71. The van der Waals surface area contributed by atoms with Crippen molar-refractivity contribution in [2.24, 2.45) is 0 Å². The van der Waals surface area contributed by atoms with Crippen molar-refractivity contribution in [2.45, 2.75) is 26.0 Å². The van der Waals surface area contributed by atoms with E-state index in [1.807, 2.05) is 19.9 Å². The molecule has 0 aromatic heterocycles. The third-order valence-corrected chi connectivity index (χ3v) is 1.63. The first-order chi connectivity index (χ1) is 5.63. The highest BCUT2D eigenvalue weighted by Gasteiger charge is 2.29. The van der Waals surface area contributed by atoms with Crippen molar-refractivity contribution >= 4 is 6.09 Å². The molecule has 0 unspecified atom stereocenters. The van der Waals surface area contributed by atoms with Crippen molar-refractivity contribution in [2.75, 3.05) is 0 Å². The normalized spacial score (nSPS) is 27.3. The number of nitrogens with one attached hydrogen (secondary N) is 1. The number of alkyl carbamates (subject to hydrolysis) is 1. The number of allylic oxidation sites excluding steroid dienone is 1. The third kappa shape index (κ3) is 1.87. The van der Waals surface area contributed by atoms with Crippen LogP contribution in [0.5, 0.6) is 0 Å². The minimum absolute atomic E-state index is 0.0556. The van der Waals surface area contributed by atoms with E-state index in [9.17, 15) is 4.79 Å². The molecule has 0 aliphatic carbocycles. The fourth-order valence-corrected chi connectivity index (χ4v) is 1.14. The largest absolute Gasteiger partial charge is 0.439 e. The Morgan fingerprint density at radius 2 is 2.33 bits per heavy atom. The van der Waals surface area contributed by atoms with Gasteiger partial charge in [0, 0.05) is 0 Å². The Balaban J connectivity index is 2.70. The number of amides is 1. The lowest BCUT2D eigenvalue weighted by Crippen LogP contribution is -2.28. The zero-order valence-electron chi connectivity index (χ0n) is 7.33. The summed E-state index contributed by atoms with van der Waals surface area (Å²) in [7, 11) is 0.